The molecule has 0 saturated heterocycles. The van der Waals surface area contributed by atoms with Crippen LogP contribution in [-0.4, -0.2) is 30.7 Å². The third-order valence-corrected chi connectivity index (χ3v) is 2.77. The van der Waals surface area contributed by atoms with E-state index in [9.17, 15) is 0 Å². The third-order valence-electron chi connectivity index (χ3n) is 2.77. The van der Waals surface area contributed by atoms with E-state index < -0.39 is 0 Å². The van der Waals surface area contributed by atoms with Crippen LogP contribution in [0.1, 0.15) is 6.92 Å². The smallest absolute Gasteiger partial charge is 0.242 e. The number of nitrogens with one attached hydrogen (secondary N) is 1. The van der Waals surface area contributed by atoms with E-state index in [4.69, 9.17) is 10.5 Å². The SMILES string of the molecule is CCOc1ncnc(Nc2ccc(N(C)C)cc2)c1N. The van der Waals surface area contributed by atoms with Crippen molar-refractivity contribution in [3.8, 4) is 5.88 Å². The quantitative estimate of drug-likeness (QED) is 0.870. The van der Waals surface area contributed by atoms with Crippen LogP contribution in [0.4, 0.5) is 22.9 Å². The van der Waals surface area contributed by atoms with Crippen molar-refractivity contribution in [1.82, 2.24) is 9.97 Å². The van der Waals surface area contributed by atoms with Gasteiger partial charge >= 0.3 is 0 Å². The summed E-state index contributed by atoms with van der Waals surface area (Å²) in [5.41, 5.74) is 8.42. The van der Waals surface area contributed by atoms with E-state index in [1.54, 1.807) is 0 Å². The largest absolute Gasteiger partial charge is 0.476 e. The molecule has 0 atom stereocenters. The highest BCUT2D eigenvalue weighted by atomic mass is 16.5. The second-order valence-electron chi connectivity index (χ2n) is 4.44. The molecule has 1 heterocycles. The number of anilines is 4. The highest BCUT2D eigenvalue weighted by molar-refractivity contribution is 5.72. The van der Waals surface area contributed by atoms with E-state index in [2.05, 4.69) is 15.3 Å². The number of nitrogen functional groups attached to an aromatic ring is 1. The monoisotopic (exact) mass is 273 g/mol. The summed E-state index contributed by atoms with van der Waals surface area (Å²) in [5.74, 6) is 0.941. The lowest BCUT2D eigenvalue weighted by molar-refractivity contribution is 0.328. The number of benzene rings is 1. The summed E-state index contributed by atoms with van der Waals surface area (Å²) in [7, 11) is 4.00. The van der Waals surface area contributed by atoms with Crippen molar-refractivity contribution in [2.45, 2.75) is 6.92 Å². The molecule has 0 aliphatic carbocycles. The van der Waals surface area contributed by atoms with Crippen LogP contribution in [0.5, 0.6) is 5.88 Å². The van der Waals surface area contributed by atoms with Gasteiger partial charge in [-0.2, -0.15) is 4.98 Å². The van der Waals surface area contributed by atoms with E-state index in [0.717, 1.165) is 11.4 Å². The molecule has 1 aromatic heterocycles. The van der Waals surface area contributed by atoms with Crippen LogP contribution >= 0.6 is 0 Å². The van der Waals surface area contributed by atoms with Crippen LogP contribution in [0, 0.1) is 0 Å². The second kappa shape index (κ2) is 6.10. The van der Waals surface area contributed by atoms with Gasteiger partial charge in [0.2, 0.25) is 5.88 Å². The predicted molar refractivity (Wildman–Crippen MR) is 81.7 cm³/mol. The van der Waals surface area contributed by atoms with Crippen LogP contribution in [-0.2, 0) is 0 Å². The first-order chi connectivity index (χ1) is 9.61. The summed E-state index contributed by atoms with van der Waals surface area (Å²) in [6, 6.07) is 7.97. The van der Waals surface area contributed by atoms with Crippen LogP contribution in [0.3, 0.4) is 0 Å². The van der Waals surface area contributed by atoms with Crippen molar-refractivity contribution in [3.05, 3.63) is 30.6 Å². The molecule has 2 aromatic rings. The molecule has 0 saturated carbocycles. The van der Waals surface area contributed by atoms with Crippen LogP contribution in [0.15, 0.2) is 30.6 Å². The molecule has 2 rings (SSSR count). The summed E-state index contributed by atoms with van der Waals surface area (Å²) < 4.78 is 5.34. The van der Waals surface area contributed by atoms with Crippen molar-refractivity contribution in [1.29, 1.82) is 0 Å². The highest BCUT2D eigenvalue weighted by Gasteiger charge is 2.09. The van der Waals surface area contributed by atoms with Gasteiger partial charge in [0.05, 0.1) is 6.61 Å². The molecule has 0 aliphatic heterocycles. The zero-order chi connectivity index (χ0) is 14.5. The molecule has 3 N–H and O–H groups in total. The van der Waals surface area contributed by atoms with Crippen molar-refractivity contribution in [2.24, 2.45) is 0 Å². The fourth-order valence-corrected chi connectivity index (χ4v) is 1.71. The Morgan fingerprint density at radius 2 is 1.90 bits per heavy atom. The van der Waals surface area contributed by atoms with Gasteiger partial charge in [-0.15, -0.1) is 0 Å². The van der Waals surface area contributed by atoms with E-state index in [1.807, 2.05) is 50.2 Å². The van der Waals surface area contributed by atoms with E-state index in [-0.39, 0.29) is 0 Å². The normalized spacial score (nSPS) is 10.2. The van der Waals surface area contributed by atoms with Gasteiger partial charge in [-0.05, 0) is 31.2 Å². The summed E-state index contributed by atoms with van der Waals surface area (Å²) >= 11 is 0. The number of hydrogen-bond acceptors (Lipinski definition) is 6. The Kier molecular flexibility index (Phi) is 4.24. The van der Waals surface area contributed by atoms with Crippen molar-refractivity contribution in [2.75, 3.05) is 36.7 Å². The molecular weight excluding hydrogens is 254 g/mol. The first kappa shape index (κ1) is 13.9. The predicted octanol–water partition coefficient (Wildman–Crippen LogP) is 2.27. The highest BCUT2D eigenvalue weighted by Crippen LogP contribution is 2.27. The third kappa shape index (κ3) is 3.09. The fraction of sp³-hybridized carbons (Fsp3) is 0.286. The molecular formula is C14H19N5O. The van der Waals surface area contributed by atoms with Gasteiger partial charge in [0.25, 0.3) is 0 Å². The van der Waals surface area contributed by atoms with Crippen molar-refractivity contribution < 1.29 is 4.74 Å². The lowest BCUT2D eigenvalue weighted by atomic mass is 10.2. The summed E-state index contributed by atoms with van der Waals surface area (Å²) in [6.45, 7) is 2.40. The van der Waals surface area contributed by atoms with Gasteiger partial charge in [-0.25, -0.2) is 4.98 Å². The maximum atomic E-state index is 5.97. The Bertz CT molecular complexity index is 568. The zero-order valence-corrected chi connectivity index (χ0v) is 11.9. The molecule has 6 nitrogen and oxygen atoms in total. The van der Waals surface area contributed by atoms with Gasteiger partial charge in [-0.1, -0.05) is 0 Å². The van der Waals surface area contributed by atoms with E-state index in [1.165, 1.54) is 6.33 Å². The number of aromatic nitrogens is 2. The molecule has 0 fully saturated rings. The first-order valence-corrected chi connectivity index (χ1v) is 6.39. The van der Waals surface area contributed by atoms with Gasteiger partial charge in [0.15, 0.2) is 5.82 Å². The maximum Gasteiger partial charge on any atom is 0.242 e. The molecule has 6 heteroatoms. The minimum absolute atomic E-state index is 0.398. The van der Waals surface area contributed by atoms with Gasteiger partial charge in [-0.3, -0.25) is 0 Å². The van der Waals surface area contributed by atoms with E-state index >= 15 is 0 Å². The minimum atomic E-state index is 0.398. The van der Waals surface area contributed by atoms with E-state index in [0.29, 0.717) is 24.0 Å². The lowest BCUT2D eigenvalue weighted by Gasteiger charge is -2.14. The van der Waals surface area contributed by atoms with Gasteiger partial charge in [0.1, 0.15) is 12.0 Å². The molecule has 0 radical (unpaired) electrons. The van der Waals surface area contributed by atoms with Crippen molar-refractivity contribution >= 4 is 22.9 Å². The Hall–Kier alpha value is -2.50. The molecule has 0 spiro atoms. The Labute approximate surface area is 118 Å². The molecule has 20 heavy (non-hydrogen) atoms. The number of ether oxygens (including phenoxy) is 1. The zero-order valence-electron chi connectivity index (χ0n) is 11.9. The minimum Gasteiger partial charge on any atom is -0.476 e. The summed E-state index contributed by atoms with van der Waals surface area (Å²) in [6.07, 6.45) is 1.43. The second-order valence-corrected chi connectivity index (χ2v) is 4.44. The van der Waals surface area contributed by atoms with Crippen LogP contribution < -0.4 is 20.7 Å². The summed E-state index contributed by atoms with van der Waals surface area (Å²) in [4.78, 5) is 10.2. The Balaban J connectivity index is 2.19. The lowest BCUT2D eigenvalue weighted by Crippen LogP contribution is -2.08. The Morgan fingerprint density at radius 1 is 1.20 bits per heavy atom. The molecule has 106 valence electrons. The van der Waals surface area contributed by atoms with Gasteiger partial charge in [0, 0.05) is 25.5 Å². The standard InChI is InChI=1S/C14H19N5O/c1-4-20-14-12(15)13(16-9-17-14)18-10-5-7-11(8-6-10)19(2)3/h5-9H,4,15H2,1-3H3,(H,16,17,18). The molecule has 1 aromatic carbocycles. The number of nitrogens with two attached hydrogens (primary N) is 1. The van der Waals surface area contributed by atoms with Gasteiger partial charge < -0.3 is 20.7 Å². The molecule has 0 amide bonds. The maximum absolute atomic E-state index is 5.97. The Morgan fingerprint density at radius 3 is 2.50 bits per heavy atom. The van der Waals surface area contributed by atoms with Crippen molar-refractivity contribution in [3.63, 3.8) is 0 Å². The van der Waals surface area contributed by atoms with Crippen LogP contribution in [0.2, 0.25) is 0 Å². The summed E-state index contributed by atoms with van der Waals surface area (Å²) in [5, 5.41) is 3.16. The van der Waals surface area contributed by atoms with Crippen LogP contribution in [0.25, 0.3) is 0 Å². The molecule has 0 aliphatic rings. The first-order valence-electron chi connectivity index (χ1n) is 6.39. The average Bonchev–Trinajstić information content (AvgIpc) is 2.44. The molecule has 0 bridgehead atoms. The topological polar surface area (TPSA) is 76.3 Å². The number of rotatable bonds is 5. The molecule has 0 unspecified atom stereocenters. The fourth-order valence-electron chi connectivity index (χ4n) is 1.71. The average molecular weight is 273 g/mol. The number of hydrogen-bond donors (Lipinski definition) is 2. The number of nitrogens with zero attached hydrogens (tertiary/aromatic N) is 3.